The summed E-state index contributed by atoms with van der Waals surface area (Å²) in [6.45, 7) is 0.479. The number of rotatable bonds is 5. The molecule has 1 aromatic heterocycles. The molecule has 2 aromatic rings. The van der Waals surface area contributed by atoms with Gasteiger partial charge in [0.05, 0.1) is 12.2 Å². The Morgan fingerprint density at radius 1 is 1.24 bits per heavy atom. The van der Waals surface area contributed by atoms with E-state index in [0.717, 1.165) is 16.8 Å². The van der Waals surface area contributed by atoms with Crippen LogP contribution in [0.5, 0.6) is 0 Å². The summed E-state index contributed by atoms with van der Waals surface area (Å²) >= 11 is 0. The predicted octanol–water partition coefficient (Wildman–Crippen LogP) is 3.67. The number of hydrogen-bond donors (Lipinski definition) is 2. The van der Waals surface area contributed by atoms with Gasteiger partial charge in [0.1, 0.15) is 0 Å². The van der Waals surface area contributed by atoms with Crippen LogP contribution in [-0.2, 0) is 6.54 Å². The smallest absolute Gasteiger partial charge is 0.352 e. The van der Waals surface area contributed by atoms with Crippen molar-refractivity contribution in [1.82, 2.24) is 20.5 Å². The molecule has 0 spiro atoms. The molecule has 29 heavy (non-hydrogen) atoms. The molecule has 1 fully saturated rings. The van der Waals surface area contributed by atoms with Gasteiger partial charge >= 0.3 is 6.18 Å². The van der Waals surface area contributed by atoms with Gasteiger partial charge in [-0.2, -0.15) is 13.2 Å². The molecule has 1 atom stereocenters. The third kappa shape index (κ3) is 7.46. The van der Waals surface area contributed by atoms with E-state index in [4.69, 9.17) is 0 Å². The van der Waals surface area contributed by atoms with E-state index in [1.54, 1.807) is 13.2 Å². The number of nitrogens with zero attached hydrogens (tertiary/aromatic N) is 3. The maximum Gasteiger partial charge on any atom is 0.401 e. The van der Waals surface area contributed by atoms with Gasteiger partial charge in [-0.1, -0.05) is 24.3 Å². The standard InChI is InChI=1S/C20H24F3N5.HI/c1-24-19(27-17-8-10-28(13-17)14-20(21,22)23)26-12-15-5-4-6-16(11-15)18-7-2-3-9-25-18;/h2-7,9,11,17H,8,10,12-14H2,1H3,(H2,24,26,27);1H. The molecule has 1 saturated heterocycles. The van der Waals surface area contributed by atoms with Gasteiger partial charge in [-0.25, -0.2) is 0 Å². The Kier molecular flexibility index (Phi) is 8.69. The molecule has 0 bridgehead atoms. The fraction of sp³-hybridized carbons (Fsp3) is 0.400. The van der Waals surface area contributed by atoms with Crippen molar-refractivity contribution < 1.29 is 13.2 Å². The third-order valence-electron chi connectivity index (χ3n) is 4.59. The Hall–Kier alpha value is -1.88. The van der Waals surface area contributed by atoms with Crippen LogP contribution in [0, 0.1) is 0 Å². The van der Waals surface area contributed by atoms with Crippen molar-refractivity contribution in [3.8, 4) is 11.3 Å². The van der Waals surface area contributed by atoms with Gasteiger partial charge in [0.25, 0.3) is 0 Å². The molecule has 1 aromatic carbocycles. The fourth-order valence-electron chi connectivity index (χ4n) is 3.30. The zero-order valence-electron chi connectivity index (χ0n) is 16.1. The molecule has 1 aliphatic rings. The SMILES string of the molecule is CN=C(NCc1cccc(-c2ccccn2)c1)NC1CCN(CC(F)(F)F)C1.I. The summed E-state index contributed by atoms with van der Waals surface area (Å²) in [5.41, 5.74) is 3.00. The monoisotopic (exact) mass is 519 g/mol. The minimum atomic E-state index is -4.16. The molecule has 3 rings (SSSR count). The molecule has 0 saturated carbocycles. The molecule has 2 N–H and O–H groups in total. The van der Waals surface area contributed by atoms with E-state index >= 15 is 0 Å². The highest BCUT2D eigenvalue weighted by Gasteiger charge is 2.34. The summed E-state index contributed by atoms with van der Waals surface area (Å²) in [5, 5.41) is 6.45. The predicted molar refractivity (Wildman–Crippen MR) is 119 cm³/mol. The van der Waals surface area contributed by atoms with Crippen LogP contribution in [0.15, 0.2) is 53.7 Å². The third-order valence-corrected chi connectivity index (χ3v) is 4.59. The van der Waals surface area contributed by atoms with Crippen LogP contribution in [0.3, 0.4) is 0 Å². The van der Waals surface area contributed by atoms with Crippen LogP contribution >= 0.6 is 24.0 Å². The second-order valence-electron chi connectivity index (χ2n) is 6.82. The summed E-state index contributed by atoms with van der Waals surface area (Å²) in [7, 11) is 1.65. The van der Waals surface area contributed by atoms with E-state index in [0.29, 0.717) is 32.0 Å². The van der Waals surface area contributed by atoms with Crippen LogP contribution in [-0.4, -0.2) is 54.7 Å². The van der Waals surface area contributed by atoms with Gasteiger partial charge in [-0.3, -0.25) is 14.9 Å². The number of aromatic nitrogens is 1. The lowest BCUT2D eigenvalue weighted by Gasteiger charge is -2.20. The molecular weight excluding hydrogens is 494 g/mol. The van der Waals surface area contributed by atoms with Crippen molar-refractivity contribution in [2.24, 2.45) is 4.99 Å². The van der Waals surface area contributed by atoms with Gasteiger partial charge in [0.2, 0.25) is 0 Å². The number of aliphatic imine (C=N–C) groups is 1. The highest BCUT2D eigenvalue weighted by Crippen LogP contribution is 2.20. The van der Waals surface area contributed by atoms with Crippen molar-refractivity contribution in [2.45, 2.75) is 25.2 Å². The maximum absolute atomic E-state index is 12.5. The number of hydrogen-bond acceptors (Lipinski definition) is 3. The van der Waals surface area contributed by atoms with Crippen molar-refractivity contribution in [3.63, 3.8) is 0 Å². The van der Waals surface area contributed by atoms with Crippen molar-refractivity contribution in [2.75, 3.05) is 26.7 Å². The van der Waals surface area contributed by atoms with E-state index in [1.165, 1.54) is 4.90 Å². The number of benzene rings is 1. The van der Waals surface area contributed by atoms with Gasteiger partial charge in [0.15, 0.2) is 5.96 Å². The van der Waals surface area contributed by atoms with Crippen molar-refractivity contribution in [3.05, 3.63) is 54.2 Å². The largest absolute Gasteiger partial charge is 0.401 e. The van der Waals surface area contributed by atoms with Gasteiger partial charge in [-0.15, -0.1) is 24.0 Å². The highest BCUT2D eigenvalue weighted by atomic mass is 127. The van der Waals surface area contributed by atoms with Gasteiger partial charge in [-0.05, 0) is 30.2 Å². The number of halogens is 4. The molecule has 9 heteroatoms. The first-order valence-electron chi connectivity index (χ1n) is 9.19. The lowest BCUT2D eigenvalue weighted by molar-refractivity contribution is -0.143. The van der Waals surface area contributed by atoms with Gasteiger partial charge in [0, 0.05) is 44.5 Å². The average Bonchev–Trinajstić information content (AvgIpc) is 3.11. The Balaban J connectivity index is 0.00000300. The lowest BCUT2D eigenvalue weighted by atomic mass is 10.1. The maximum atomic E-state index is 12.5. The lowest BCUT2D eigenvalue weighted by Crippen LogP contribution is -2.44. The average molecular weight is 519 g/mol. The number of pyridine rings is 1. The normalized spacial score (nSPS) is 17.7. The second-order valence-corrected chi connectivity index (χ2v) is 6.82. The van der Waals surface area contributed by atoms with Crippen molar-refractivity contribution >= 4 is 29.9 Å². The first kappa shape index (κ1) is 23.4. The molecule has 158 valence electrons. The molecule has 5 nitrogen and oxygen atoms in total. The summed E-state index contributed by atoms with van der Waals surface area (Å²) in [6, 6.07) is 13.8. The topological polar surface area (TPSA) is 52.6 Å². The Morgan fingerprint density at radius 2 is 2.07 bits per heavy atom. The van der Waals surface area contributed by atoms with Gasteiger partial charge < -0.3 is 10.6 Å². The fourth-order valence-corrected chi connectivity index (χ4v) is 3.30. The minimum absolute atomic E-state index is 0. The van der Waals surface area contributed by atoms with E-state index in [9.17, 15) is 13.2 Å². The van der Waals surface area contributed by atoms with Crippen LogP contribution < -0.4 is 10.6 Å². The quantitative estimate of drug-likeness (QED) is 0.360. The second kappa shape index (κ2) is 10.8. The van der Waals surface area contributed by atoms with E-state index < -0.39 is 12.7 Å². The molecule has 2 heterocycles. The summed E-state index contributed by atoms with van der Waals surface area (Å²) < 4.78 is 37.6. The molecule has 1 unspecified atom stereocenters. The van der Waals surface area contributed by atoms with Crippen LogP contribution in [0.1, 0.15) is 12.0 Å². The van der Waals surface area contributed by atoms with E-state index in [1.807, 2.05) is 36.4 Å². The first-order valence-corrected chi connectivity index (χ1v) is 9.19. The van der Waals surface area contributed by atoms with E-state index in [2.05, 4.69) is 26.7 Å². The van der Waals surface area contributed by atoms with E-state index in [-0.39, 0.29) is 30.0 Å². The number of likely N-dealkylation sites (tertiary alicyclic amines) is 1. The number of guanidine groups is 1. The van der Waals surface area contributed by atoms with Crippen LogP contribution in [0.4, 0.5) is 13.2 Å². The molecule has 0 aliphatic carbocycles. The number of nitrogens with one attached hydrogen (secondary N) is 2. The minimum Gasteiger partial charge on any atom is -0.352 e. The van der Waals surface area contributed by atoms with Crippen LogP contribution in [0.25, 0.3) is 11.3 Å². The zero-order valence-corrected chi connectivity index (χ0v) is 18.4. The zero-order chi connectivity index (χ0) is 20.0. The Labute approximate surface area is 185 Å². The van der Waals surface area contributed by atoms with Crippen molar-refractivity contribution in [1.29, 1.82) is 0 Å². The Morgan fingerprint density at radius 3 is 2.76 bits per heavy atom. The number of alkyl halides is 3. The first-order chi connectivity index (χ1) is 13.4. The van der Waals surface area contributed by atoms with Crippen LogP contribution in [0.2, 0.25) is 0 Å². The summed E-state index contributed by atoms with van der Waals surface area (Å²) in [5.74, 6) is 0.585. The summed E-state index contributed by atoms with van der Waals surface area (Å²) in [4.78, 5) is 9.97. The Bertz CT molecular complexity index is 798. The summed E-state index contributed by atoms with van der Waals surface area (Å²) in [6.07, 6.45) is -1.74. The molecule has 0 radical (unpaired) electrons. The highest BCUT2D eigenvalue weighted by molar-refractivity contribution is 14.0. The molecule has 0 amide bonds. The molecule has 1 aliphatic heterocycles. The molecular formula is C20H25F3IN5.